The molecule has 1 aromatic carbocycles. The summed E-state index contributed by atoms with van der Waals surface area (Å²) < 4.78 is 27.0. The molecular formula is C14H13ClN2O4S. The van der Waals surface area contributed by atoms with Crippen molar-refractivity contribution >= 4 is 27.6 Å². The highest BCUT2D eigenvalue weighted by Gasteiger charge is 2.54. The van der Waals surface area contributed by atoms with E-state index < -0.39 is 28.0 Å². The van der Waals surface area contributed by atoms with Crippen LogP contribution in [0.5, 0.6) is 0 Å². The topological polar surface area (TPSA) is 98.5 Å². The number of sulfonamides is 1. The van der Waals surface area contributed by atoms with Crippen LogP contribution >= 0.6 is 11.6 Å². The zero-order chi connectivity index (χ0) is 16.1. The number of hydrogen-bond acceptors (Lipinski definition) is 4. The van der Waals surface area contributed by atoms with E-state index in [1.54, 1.807) is 0 Å². The molecule has 3 atom stereocenters. The van der Waals surface area contributed by atoms with Gasteiger partial charge in [0.25, 0.3) is 0 Å². The maximum Gasteiger partial charge on any atom is 0.308 e. The zero-order valence-electron chi connectivity index (χ0n) is 11.4. The second kappa shape index (κ2) is 5.23. The van der Waals surface area contributed by atoms with Crippen LogP contribution in [-0.4, -0.2) is 35.9 Å². The highest BCUT2D eigenvalue weighted by atomic mass is 35.5. The summed E-state index contributed by atoms with van der Waals surface area (Å²) >= 11 is 5.83. The Bertz CT molecular complexity index is 787. The Hall–Kier alpha value is -1.62. The minimum atomic E-state index is -3.83. The van der Waals surface area contributed by atoms with Crippen molar-refractivity contribution in [1.82, 2.24) is 4.31 Å². The summed E-state index contributed by atoms with van der Waals surface area (Å²) in [4.78, 5) is 11.2. The molecule has 1 aromatic rings. The quantitative estimate of drug-likeness (QED) is 0.905. The predicted octanol–water partition coefficient (Wildman–Crippen LogP) is 1.84. The van der Waals surface area contributed by atoms with Gasteiger partial charge in [0, 0.05) is 12.1 Å². The first-order chi connectivity index (χ1) is 10.4. The number of nitrogens with zero attached hydrogens (tertiary/aromatic N) is 2. The van der Waals surface area contributed by atoms with E-state index >= 15 is 0 Å². The molecule has 22 heavy (non-hydrogen) atoms. The van der Waals surface area contributed by atoms with Crippen molar-refractivity contribution in [3.63, 3.8) is 0 Å². The van der Waals surface area contributed by atoms with Gasteiger partial charge >= 0.3 is 5.97 Å². The van der Waals surface area contributed by atoms with Gasteiger partial charge in [-0.25, -0.2) is 8.42 Å². The Labute approximate surface area is 133 Å². The molecule has 1 N–H and O–H groups in total. The van der Waals surface area contributed by atoms with E-state index in [-0.39, 0.29) is 21.5 Å². The highest BCUT2D eigenvalue weighted by molar-refractivity contribution is 7.89. The van der Waals surface area contributed by atoms with Gasteiger partial charge in [-0.2, -0.15) is 9.57 Å². The van der Waals surface area contributed by atoms with Crippen LogP contribution in [0.25, 0.3) is 0 Å². The van der Waals surface area contributed by atoms with Crippen LogP contribution in [0.3, 0.4) is 0 Å². The number of carboxylic acids is 1. The second-order valence-corrected chi connectivity index (χ2v) is 7.82. The summed E-state index contributed by atoms with van der Waals surface area (Å²) in [6, 6.07) is 5.04. The number of hydrogen-bond donors (Lipinski definition) is 1. The van der Waals surface area contributed by atoms with Gasteiger partial charge in [0.15, 0.2) is 0 Å². The van der Waals surface area contributed by atoms with Crippen molar-refractivity contribution in [2.75, 3.05) is 0 Å². The van der Waals surface area contributed by atoms with Crippen molar-refractivity contribution in [1.29, 1.82) is 5.26 Å². The van der Waals surface area contributed by atoms with Gasteiger partial charge in [-0.1, -0.05) is 11.6 Å². The summed E-state index contributed by atoms with van der Waals surface area (Å²) in [5.74, 6) is -1.61. The van der Waals surface area contributed by atoms with Gasteiger partial charge in [0.1, 0.15) is 6.07 Å². The molecule has 2 aliphatic heterocycles. The lowest BCUT2D eigenvalue weighted by molar-refractivity contribution is -0.142. The molecule has 2 aliphatic rings. The standard InChI is InChI=1S/C14H13ClN2O4S/c15-12-3-2-10(5-8(12)7-16)22(20,21)17-9-1-4-13(17)11(6-9)14(18)19/h2-3,5,9,11,13H,1,4,6H2,(H,18,19). The van der Waals surface area contributed by atoms with Gasteiger partial charge in [-0.05, 0) is 37.5 Å². The maximum atomic E-state index is 12.8. The van der Waals surface area contributed by atoms with Crippen molar-refractivity contribution < 1.29 is 18.3 Å². The van der Waals surface area contributed by atoms with Crippen molar-refractivity contribution in [3.8, 4) is 6.07 Å². The SMILES string of the molecule is N#Cc1cc(S(=O)(=O)N2C3CCC2C(C(=O)O)C3)ccc1Cl. The van der Waals surface area contributed by atoms with E-state index in [4.69, 9.17) is 16.9 Å². The van der Waals surface area contributed by atoms with Crippen LogP contribution in [0.1, 0.15) is 24.8 Å². The molecule has 2 saturated heterocycles. The van der Waals surface area contributed by atoms with Crippen molar-refractivity contribution in [3.05, 3.63) is 28.8 Å². The molecule has 3 unspecified atom stereocenters. The number of halogens is 1. The lowest BCUT2D eigenvalue weighted by atomic mass is 9.89. The fourth-order valence-corrected chi connectivity index (χ4v) is 5.55. The van der Waals surface area contributed by atoms with Crippen LogP contribution < -0.4 is 0 Å². The third-order valence-corrected chi connectivity index (χ3v) is 6.73. The molecular weight excluding hydrogens is 328 g/mol. The first-order valence-electron chi connectivity index (χ1n) is 6.82. The Morgan fingerprint density at radius 3 is 2.73 bits per heavy atom. The number of benzene rings is 1. The molecule has 8 heteroatoms. The van der Waals surface area contributed by atoms with Crippen LogP contribution in [0.2, 0.25) is 5.02 Å². The lowest BCUT2D eigenvalue weighted by Gasteiger charge is -2.22. The van der Waals surface area contributed by atoms with Gasteiger partial charge in [0.2, 0.25) is 10.0 Å². The number of nitriles is 1. The molecule has 2 heterocycles. The molecule has 0 amide bonds. The molecule has 3 rings (SSSR count). The summed E-state index contributed by atoms with van der Waals surface area (Å²) in [7, 11) is -3.83. The number of carboxylic acid groups (broad SMARTS) is 1. The van der Waals surface area contributed by atoms with E-state index in [0.717, 1.165) is 0 Å². The Kier molecular flexibility index (Phi) is 3.63. The number of rotatable bonds is 3. The average Bonchev–Trinajstić information content (AvgIpc) is 3.06. The van der Waals surface area contributed by atoms with Gasteiger partial charge in [-0.3, -0.25) is 4.79 Å². The Balaban J connectivity index is 2.01. The minimum absolute atomic E-state index is 0.0172. The maximum absolute atomic E-state index is 12.8. The first kappa shape index (κ1) is 15.3. The normalized spacial score (nSPS) is 27.7. The predicted molar refractivity (Wildman–Crippen MR) is 77.7 cm³/mol. The molecule has 0 spiro atoms. The molecule has 2 bridgehead atoms. The van der Waals surface area contributed by atoms with Crippen LogP contribution in [0, 0.1) is 17.2 Å². The summed E-state index contributed by atoms with van der Waals surface area (Å²) in [5.41, 5.74) is 0.0871. The van der Waals surface area contributed by atoms with E-state index in [1.807, 2.05) is 6.07 Å². The zero-order valence-corrected chi connectivity index (χ0v) is 13.0. The molecule has 2 fully saturated rings. The van der Waals surface area contributed by atoms with Crippen LogP contribution in [0.15, 0.2) is 23.1 Å². The van der Waals surface area contributed by atoms with Gasteiger partial charge in [0.05, 0.1) is 21.4 Å². The average molecular weight is 341 g/mol. The van der Waals surface area contributed by atoms with E-state index in [2.05, 4.69) is 0 Å². The Morgan fingerprint density at radius 1 is 1.41 bits per heavy atom. The molecule has 0 aromatic heterocycles. The van der Waals surface area contributed by atoms with Gasteiger partial charge in [-0.15, -0.1) is 0 Å². The largest absolute Gasteiger partial charge is 0.481 e. The van der Waals surface area contributed by atoms with Crippen LogP contribution in [-0.2, 0) is 14.8 Å². The highest BCUT2D eigenvalue weighted by Crippen LogP contribution is 2.45. The first-order valence-corrected chi connectivity index (χ1v) is 8.64. The van der Waals surface area contributed by atoms with E-state index in [0.29, 0.717) is 19.3 Å². The fraction of sp³-hybridized carbons (Fsp3) is 0.429. The summed E-state index contributed by atoms with van der Waals surface area (Å²) in [5, 5.41) is 18.4. The Morgan fingerprint density at radius 2 is 2.14 bits per heavy atom. The van der Waals surface area contributed by atoms with Crippen molar-refractivity contribution in [2.45, 2.75) is 36.2 Å². The van der Waals surface area contributed by atoms with E-state index in [9.17, 15) is 18.3 Å². The number of carbonyl (C=O) groups is 1. The van der Waals surface area contributed by atoms with Gasteiger partial charge < -0.3 is 5.11 Å². The fourth-order valence-electron chi connectivity index (χ4n) is 3.45. The van der Waals surface area contributed by atoms with Crippen molar-refractivity contribution in [2.24, 2.45) is 5.92 Å². The lowest BCUT2D eigenvalue weighted by Crippen LogP contribution is -2.37. The molecule has 6 nitrogen and oxygen atoms in total. The third-order valence-electron chi connectivity index (χ3n) is 4.42. The summed E-state index contributed by atoms with van der Waals surface area (Å²) in [6.45, 7) is 0. The van der Waals surface area contributed by atoms with E-state index in [1.165, 1.54) is 22.5 Å². The number of aliphatic carboxylic acids is 1. The van der Waals surface area contributed by atoms with Crippen LogP contribution in [0.4, 0.5) is 0 Å². The minimum Gasteiger partial charge on any atom is -0.481 e. The molecule has 116 valence electrons. The molecule has 0 aliphatic carbocycles. The molecule has 0 saturated carbocycles. The molecule has 0 radical (unpaired) electrons. The smallest absolute Gasteiger partial charge is 0.308 e. The monoisotopic (exact) mass is 340 g/mol. The third kappa shape index (κ3) is 2.19. The second-order valence-electron chi connectivity index (χ2n) is 5.57. The summed E-state index contributed by atoms with van der Waals surface area (Å²) in [6.07, 6.45) is 1.57. The number of fused-ring (bicyclic) bond motifs is 2.